The zero-order chi connectivity index (χ0) is 19.4. The van der Waals surface area contributed by atoms with Gasteiger partial charge in [-0.3, -0.25) is 9.48 Å². The molecule has 9 nitrogen and oxygen atoms in total. The molecular weight excluding hydrogens is 416 g/mol. The molecule has 1 N–H and O–H groups in total. The van der Waals surface area contributed by atoms with E-state index in [0.717, 1.165) is 5.56 Å². The molecule has 0 spiro atoms. The summed E-state index contributed by atoms with van der Waals surface area (Å²) in [6, 6.07) is 8.04. The lowest BCUT2D eigenvalue weighted by atomic mass is 10.1. The molecule has 1 aromatic carbocycles. The van der Waals surface area contributed by atoms with Crippen LogP contribution in [0, 0.1) is 17.0 Å². The van der Waals surface area contributed by atoms with Crippen LogP contribution < -0.4 is 5.32 Å². The van der Waals surface area contributed by atoms with Gasteiger partial charge in [0, 0.05) is 12.6 Å². The maximum atomic E-state index is 12.1. The second kappa shape index (κ2) is 8.12. The fourth-order valence-corrected chi connectivity index (χ4v) is 3.00. The minimum atomic E-state index is -0.580. The van der Waals surface area contributed by atoms with Crippen LogP contribution in [0.2, 0.25) is 0 Å². The van der Waals surface area contributed by atoms with E-state index in [9.17, 15) is 14.9 Å². The van der Waals surface area contributed by atoms with E-state index in [-0.39, 0.29) is 29.2 Å². The summed E-state index contributed by atoms with van der Waals surface area (Å²) in [4.78, 5) is 22.3. The highest BCUT2D eigenvalue weighted by molar-refractivity contribution is 9.10. The molecule has 0 atom stereocenters. The predicted octanol–water partition coefficient (Wildman–Crippen LogP) is 3.14. The Hall–Kier alpha value is -3.01. The maximum absolute atomic E-state index is 12.1. The van der Waals surface area contributed by atoms with E-state index in [4.69, 9.17) is 0 Å². The van der Waals surface area contributed by atoms with Gasteiger partial charge in [-0.1, -0.05) is 24.3 Å². The van der Waals surface area contributed by atoms with Crippen molar-refractivity contribution in [3.05, 3.63) is 68.6 Å². The van der Waals surface area contributed by atoms with E-state index < -0.39 is 4.92 Å². The van der Waals surface area contributed by atoms with Gasteiger partial charge in [0.05, 0.1) is 36.3 Å². The van der Waals surface area contributed by atoms with E-state index >= 15 is 0 Å². The van der Waals surface area contributed by atoms with Gasteiger partial charge in [-0.15, -0.1) is 0 Å². The lowest BCUT2D eigenvalue weighted by Crippen LogP contribution is -2.14. The van der Waals surface area contributed by atoms with Crippen LogP contribution in [0.25, 0.3) is 0 Å². The number of nitrogens with one attached hydrogen (secondary N) is 1. The molecule has 0 aliphatic heterocycles. The van der Waals surface area contributed by atoms with Crippen molar-refractivity contribution in [1.29, 1.82) is 0 Å². The molecule has 0 aliphatic rings. The standard InChI is InChI=1S/C17H17BrN6O3/c1-12-4-2-3-5-13(12)9-23-10-14(8-19-23)20-16(25)6-7-22-11-15(18)17(21-22)24(26)27/h2-5,8,10-11H,6-7,9H2,1H3,(H,20,25). The molecule has 3 rings (SSSR count). The monoisotopic (exact) mass is 432 g/mol. The first-order valence-corrected chi connectivity index (χ1v) is 8.96. The van der Waals surface area contributed by atoms with Crippen molar-refractivity contribution < 1.29 is 9.72 Å². The Morgan fingerprint density at radius 2 is 2.07 bits per heavy atom. The number of hydrogen-bond acceptors (Lipinski definition) is 5. The van der Waals surface area contributed by atoms with E-state index in [1.165, 1.54) is 16.4 Å². The van der Waals surface area contributed by atoms with E-state index in [2.05, 4.69) is 31.4 Å². The van der Waals surface area contributed by atoms with Crippen LogP contribution in [-0.2, 0) is 17.9 Å². The summed E-state index contributed by atoms with van der Waals surface area (Å²) < 4.78 is 3.40. The number of aromatic nitrogens is 4. The van der Waals surface area contributed by atoms with Crippen molar-refractivity contribution in [2.75, 3.05) is 5.32 Å². The van der Waals surface area contributed by atoms with Gasteiger partial charge in [0.15, 0.2) is 0 Å². The quantitative estimate of drug-likeness (QED) is 0.455. The summed E-state index contributed by atoms with van der Waals surface area (Å²) in [5, 5.41) is 21.6. The summed E-state index contributed by atoms with van der Waals surface area (Å²) in [6.45, 7) is 2.89. The SMILES string of the molecule is Cc1ccccc1Cn1cc(NC(=O)CCn2cc(Br)c([N+](=O)[O-])n2)cn1. The maximum Gasteiger partial charge on any atom is 0.404 e. The van der Waals surface area contributed by atoms with E-state index in [0.29, 0.717) is 12.2 Å². The number of amides is 1. The Balaban J connectivity index is 1.54. The number of nitro groups is 1. The largest absolute Gasteiger partial charge is 0.404 e. The van der Waals surface area contributed by atoms with E-state index in [1.54, 1.807) is 17.1 Å². The molecule has 0 fully saturated rings. The van der Waals surface area contributed by atoms with Crippen LogP contribution in [0.15, 0.2) is 47.3 Å². The smallest absolute Gasteiger partial charge is 0.358 e. The third-order valence-corrected chi connectivity index (χ3v) is 4.51. The first-order valence-electron chi connectivity index (χ1n) is 8.16. The Kier molecular flexibility index (Phi) is 5.65. The molecule has 0 saturated carbocycles. The normalized spacial score (nSPS) is 10.7. The van der Waals surface area contributed by atoms with Crippen molar-refractivity contribution in [3.63, 3.8) is 0 Å². The molecule has 1 amide bonds. The first kappa shape index (κ1) is 18.8. The van der Waals surface area contributed by atoms with Crippen molar-refractivity contribution >= 4 is 33.3 Å². The third kappa shape index (κ3) is 4.79. The number of carbonyl (C=O) groups excluding carboxylic acids is 1. The lowest BCUT2D eigenvalue weighted by molar-refractivity contribution is -0.390. The van der Waals surface area contributed by atoms with Gasteiger partial charge in [0.1, 0.15) is 4.47 Å². The second-order valence-electron chi connectivity index (χ2n) is 5.97. The van der Waals surface area contributed by atoms with Gasteiger partial charge in [0.25, 0.3) is 0 Å². The molecule has 2 heterocycles. The zero-order valence-corrected chi connectivity index (χ0v) is 16.1. The summed E-state index contributed by atoms with van der Waals surface area (Å²) in [5.41, 5.74) is 2.93. The lowest BCUT2D eigenvalue weighted by Gasteiger charge is -2.05. The molecular formula is C17H17BrN6O3. The fourth-order valence-electron chi connectivity index (χ4n) is 2.54. The number of nitrogens with zero attached hydrogens (tertiary/aromatic N) is 5. The summed E-state index contributed by atoms with van der Waals surface area (Å²) in [6.07, 6.45) is 4.96. The fraction of sp³-hybridized carbons (Fsp3) is 0.235. The van der Waals surface area contributed by atoms with Crippen molar-refractivity contribution in [2.45, 2.75) is 26.4 Å². The van der Waals surface area contributed by atoms with Gasteiger partial charge in [-0.25, -0.2) is 0 Å². The van der Waals surface area contributed by atoms with Crippen LogP contribution in [0.5, 0.6) is 0 Å². The Morgan fingerprint density at radius 3 is 2.78 bits per heavy atom. The first-order chi connectivity index (χ1) is 12.9. The molecule has 0 saturated heterocycles. The number of hydrogen-bond donors (Lipinski definition) is 1. The van der Waals surface area contributed by atoms with Gasteiger partial charge < -0.3 is 15.4 Å². The predicted molar refractivity (Wildman–Crippen MR) is 102 cm³/mol. The van der Waals surface area contributed by atoms with Crippen LogP contribution in [0.1, 0.15) is 17.5 Å². The summed E-state index contributed by atoms with van der Waals surface area (Å²) in [5.74, 6) is -0.493. The number of halogens is 1. The van der Waals surface area contributed by atoms with Crippen molar-refractivity contribution in [1.82, 2.24) is 19.6 Å². The Labute approximate surface area is 163 Å². The molecule has 3 aromatic rings. The van der Waals surface area contributed by atoms with Crippen LogP contribution in [-0.4, -0.2) is 30.4 Å². The molecule has 0 bridgehead atoms. The molecule has 140 valence electrons. The van der Waals surface area contributed by atoms with Gasteiger partial charge in [0.2, 0.25) is 5.91 Å². The molecule has 0 radical (unpaired) electrons. The number of rotatable bonds is 7. The van der Waals surface area contributed by atoms with Gasteiger partial charge in [-0.05, 0) is 38.9 Å². The second-order valence-corrected chi connectivity index (χ2v) is 6.83. The number of aryl methyl sites for hydroxylation is 2. The molecule has 10 heteroatoms. The van der Waals surface area contributed by atoms with Crippen molar-refractivity contribution in [3.8, 4) is 0 Å². The topological polar surface area (TPSA) is 108 Å². The average Bonchev–Trinajstić information content (AvgIpc) is 3.21. The van der Waals surface area contributed by atoms with Crippen LogP contribution in [0.4, 0.5) is 11.5 Å². The third-order valence-electron chi connectivity index (χ3n) is 3.95. The Bertz CT molecular complexity index is 981. The number of benzene rings is 1. The zero-order valence-electron chi connectivity index (χ0n) is 14.5. The molecule has 0 unspecified atom stereocenters. The highest BCUT2D eigenvalue weighted by atomic mass is 79.9. The highest BCUT2D eigenvalue weighted by Crippen LogP contribution is 2.22. The molecule has 27 heavy (non-hydrogen) atoms. The summed E-state index contributed by atoms with van der Waals surface area (Å²) >= 11 is 3.08. The minimum Gasteiger partial charge on any atom is -0.358 e. The van der Waals surface area contributed by atoms with Crippen LogP contribution >= 0.6 is 15.9 Å². The Morgan fingerprint density at radius 1 is 1.30 bits per heavy atom. The van der Waals surface area contributed by atoms with Crippen LogP contribution in [0.3, 0.4) is 0 Å². The van der Waals surface area contributed by atoms with Crippen molar-refractivity contribution in [2.24, 2.45) is 0 Å². The highest BCUT2D eigenvalue weighted by Gasteiger charge is 2.18. The minimum absolute atomic E-state index is 0.133. The van der Waals surface area contributed by atoms with Gasteiger partial charge in [-0.2, -0.15) is 9.78 Å². The van der Waals surface area contributed by atoms with E-state index in [1.807, 2.05) is 31.2 Å². The average molecular weight is 433 g/mol. The van der Waals surface area contributed by atoms with Gasteiger partial charge >= 0.3 is 5.82 Å². The molecule has 2 aromatic heterocycles. The number of carbonyl (C=O) groups is 1. The number of anilines is 1. The molecule has 0 aliphatic carbocycles. The summed E-state index contributed by atoms with van der Waals surface area (Å²) in [7, 11) is 0.